The second-order valence-electron chi connectivity index (χ2n) is 4.72. The molecule has 0 bridgehead atoms. The minimum atomic E-state index is -0.0567. The van der Waals surface area contributed by atoms with Crippen LogP contribution >= 0.6 is 0 Å². The number of hydrogen-bond donors (Lipinski definition) is 1. The van der Waals surface area contributed by atoms with Gasteiger partial charge in [0, 0.05) is 25.7 Å². The fourth-order valence-corrected chi connectivity index (χ4v) is 1.92. The Balaban J connectivity index is 4.07. The number of hydrogen-bond acceptors (Lipinski definition) is 4. The first-order valence-electron chi connectivity index (χ1n) is 6.43. The van der Waals surface area contributed by atoms with Gasteiger partial charge < -0.3 is 4.74 Å². The van der Waals surface area contributed by atoms with Crippen LogP contribution in [0, 0.1) is 11.3 Å². The molecule has 17 heavy (non-hydrogen) atoms. The minimum absolute atomic E-state index is 0.0567. The van der Waals surface area contributed by atoms with Gasteiger partial charge in [0.05, 0.1) is 18.7 Å². The summed E-state index contributed by atoms with van der Waals surface area (Å²) in [5.74, 6) is 0. The standard InChI is InChI=1S/C13H27N3O/c1-6-16(12(4)10-17-5)8-7-13(9-14)15-11(2)3/h11-13,15H,6-8,10H2,1-5H3. The molecule has 0 radical (unpaired) electrons. The van der Waals surface area contributed by atoms with E-state index in [0.717, 1.165) is 26.1 Å². The van der Waals surface area contributed by atoms with Gasteiger partial charge in [-0.2, -0.15) is 5.26 Å². The van der Waals surface area contributed by atoms with Gasteiger partial charge in [0.25, 0.3) is 0 Å². The molecule has 0 aliphatic heterocycles. The summed E-state index contributed by atoms with van der Waals surface area (Å²) in [6.07, 6.45) is 0.858. The van der Waals surface area contributed by atoms with E-state index in [-0.39, 0.29) is 6.04 Å². The predicted molar refractivity (Wildman–Crippen MR) is 70.9 cm³/mol. The van der Waals surface area contributed by atoms with E-state index in [0.29, 0.717) is 12.1 Å². The molecule has 0 saturated heterocycles. The Morgan fingerprint density at radius 3 is 2.41 bits per heavy atom. The summed E-state index contributed by atoms with van der Waals surface area (Å²) in [7, 11) is 1.72. The first-order chi connectivity index (χ1) is 8.04. The van der Waals surface area contributed by atoms with E-state index in [1.807, 2.05) is 0 Å². The molecule has 1 N–H and O–H groups in total. The maximum Gasteiger partial charge on any atom is 0.0967 e. The quantitative estimate of drug-likeness (QED) is 0.666. The van der Waals surface area contributed by atoms with Crippen LogP contribution in [0.25, 0.3) is 0 Å². The number of nitriles is 1. The number of methoxy groups -OCH3 is 1. The van der Waals surface area contributed by atoms with Crippen LogP contribution in [-0.2, 0) is 4.74 Å². The van der Waals surface area contributed by atoms with Gasteiger partial charge in [-0.1, -0.05) is 6.92 Å². The topological polar surface area (TPSA) is 48.3 Å². The molecule has 0 heterocycles. The molecule has 2 unspecified atom stereocenters. The smallest absolute Gasteiger partial charge is 0.0967 e. The van der Waals surface area contributed by atoms with Gasteiger partial charge in [0.2, 0.25) is 0 Å². The summed E-state index contributed by atoms with van der Waals surface area (Å²) in [4.78, 5) is 2.34. The lowest BCUT2D eigenvalue weighted by Gasteiger charge is -2.28. The summed E-state index contributed by atoms with van der Waals surface area (Å²) in [6, 6.07) is 3.02. The van der Waals surface area contributed by atoms with Crippen LogP contribution in [0.3, 0.4) is 0 Å². The monoisotopic (exact) mass is 241 g/mol. The van der Waals surface area contributed by atoms with Crippen molar-refractivity contribution >= 4 is 0 Å². The summed E-state index contributed by atoms with van der Waals surface area (Å²) in [5, 5.41) is 12.3. The van der Waals surface area contributed by atoms with E-state index in [9.17, 15) is 0 Å². The molecule has 0 aromatic rings. The minimum Gasteiger partial charge on any atom is -0.383 e. The maximum absolute atomic E-state index is 9.05. The molecule has 0 saturated carbocycles. The lowest BCUT2D eigenvalue weighted by atomic mass is 10.1. The molecule has 4 heteroatoms. The second-order valence-corrected chi connectivity index (χ2v) is 4.72. The number of rotatable bonds is 9. The molecule has 4 nitrogen and oxygen atoms in total. The van der Waals surface area contributed by atoms with Crippen LogP contribution in [-0.4, -0.2) is 49.8 Å². The highest BCUT2D eigenvalue weighted by molar-refractivity contribution is 4.91. The molecular weight excluding hydrogens is 214 g/mol. The predicted octanol–water partition coefficient (Wildman–Crippen LogP) is 1.62. The van der Waals surface area contributed by atoms with Crippen molar-refractivity contribution in [1.29, 1.82) is 5.26 Å². The average Bonchev–Trinajstić information content (AvgIpc) is 2.28. The third kappa shape index (κ3) is 7.32. The largest absolute Gasteiger partial charge is 0.383 e. The zero-order valence-corrected chi connectivity index (χ0v) is 11.9. The third-order valence-electron chi connectivity index (χ3n) is 2.83. The Morgan fingerprint density at radius 1 is 1.35 bits per heavy atom. The first-order valence-corrected chi connectivity index (χ1v) is 6.43. The molecule has 100 valence electrons. The first kappa shape index (κ1) is 16.4. The number of nitrogens with zero attached hydrogens (tertiary/aromatic N) is 2. The third-order valence-corrected chi connectivity index (χ3v) is 2.83. The Hall–Kier alpha value is -0.630. The Kier molecular flexibility index (Phi) is 9.06. The van der Waals surface area contributed by atoms with Crippen LogP contribution in [0.1, 0.15) is 34.1 Å². The Morgan fingerprint density at radius 2 is 2.00 bits per heavy atom. The zero-order valence-electron chi connectivity index (χ0n) is 11.9. The number of likely N-dealkylation sites (N-methyl/N-ethyl adjacent to an activating group) is 1. The highest BCUT2D eigenvalue weighted by atomic mass is 16.5. The fraction of sp³-hybridized carbons (Fsp3) is 0.923. The van der Waals surface area contributed by atoms with Gasteiger partial charge in [-0.3, -0.25) is 10.2 Å². The molecule has 0 aromatic carbocycles. The lowest BCUT2D eigenvalue weighted by Crippen LogP contribution is -2.41. The van der Waals surface area contributed by atoms with Gasteiger partial charge in [-0.15, -0.1) is 0 Å². The van der Waals surface area contributed by atoms with Gasteiger partial charge in [-0.05, 0) is 33.7 Å². The summed E-state index contributed by atoms with van der Waals surface area (Å²) in [5.41, 5.74) is 0. The SMILES string of the molecule is CCN(CCC(C#N)NC(C)C)C(C)COC. The number of ether oxygens (including phenoxy) is 1. The normalized spacial score (nSPS) is 14.9. The maximum atomic E-state index is 9.05. The summed E-state index contributed by atoms with van der Waals surface area (Å²) >= 11 is 0. The fourth-order valence-electron chi connectivity index (χ4n) is 1.92. The second kappa shape index (κ2) is 9.41. The molecule has 0 rings (SSSR count). The van der Waals surface area contributed by atoms with E-state index in [1.165, 1.54) is 0 Å². The number of nitrogens with one attached hydrogen (secondary N) is 1. The van der Waals surface area contributed by atoms with Crippen LogP contribution in [0.4, 0.5) is 0 Å². The van der Waals surface area contributed by atoms with E-state index in [1.54, 1.807) is 7.11 Å². The molecule has 2 atom stereocenters. The van der Waals surface area contributed by atoms with Crippen LogP contribution in [0.15, 0.2) is 0 Å². The van der Waals surface area contributed by atoms with Gasteiger partial charge >= 0.3 is 0 Å². The van der Waals surface area contributed by atoms with Gasteiger partial charge in [-0.25, -0.2) is 0 Å². The lowest BCUT2D eigenvalue weighted by molar-refractivity contribution is 0.101. The zero-order chi connectivity index (χ0) is 13.3. The molecule has 0 amide bonds. The Bertz CT molecular complexity index is 225. The van der Waals surface area contributed by atoms with Crippen molar-refractivity contribution < 1.29 is 4.74 Å². The van der Waals surface area contributed by atoms with Crippen molar-refractivity contribution in [3.05, 3.63) is 0 Å². The van der Waals surface area contributed by atoms with E-state index >= 15 is 0 Å². The van der Waals surface area contributed by atoms with Gasteiger partial charge in [0.15, 0.2) is 0 Å². The van der Waals surface area contributed by atoms with E-state index in [2.05, 4.69) is 44.0 Å². The van der Waals surface area contributed by atoms with Crippen molar-refractivity contribution in [2.24, 2.45) is 0 Å². The summed E-state index contributed by atoms with van der Waals surface area (Å²) in [6.45, 7) is 11.1. The highest BCUT2D eigenvalue weighted by Crippen LogP contribution is 2.03. The molecule has 0 spiro atoms. The average molecular weight is 241 g/mol. The van der Waals surface area contributed by atoms with E-state index in [4.69, 9.17) is 10.00 Å². The van der Waals surface area contributed by atoms with Crippen molar-refractivity contribution in [3.63, 3.8) is 0 Å². The molecular formula is C13H27N3O. The molecule has 0 aliphatic rings. The van der Waals surface area contributed by atoms with Crippen LogP contribution in [0.5, 0.6) is 0 Å². The van der Waals surface area contributed by atoms with Gasteiger partial charge in [0.1, 0.15) is 0 Å². The van der Waals surface area contributed by atoms with E-state index < -0.39 is 0 Å². The van der Waals surface area contributed by atoms with Crippen molar-refractivity contribution in [3.8, 4) is 6.07 Å². The van der Waals surface area contributed by atoms with Crippen molar-refractivity contribution in [2.45, 2.75) is 52.2 Å². The summed E-state index contributed by atoms with van der Waals surface area (Å²) < 4.78 is 5.16. The molecule has 0 aromatic heterocycles. The van der Waals surface area contributed by atoms with Crippen LogP contribution < -0.4 is 5.32 Å². The van der Waals surface area contributed by atoms with Crippen LogP contribution in [0.2, 0.25) is 0 Å². The molecule has 0 fully saturated rings. The van der Waals surface area contributed by atoms with Crippen molar-refractivity contribution in [1.82, 2.24) is 10.2 Å². The molecule has 0 aliphatic carbocycles. The Labute approximate surface area is 106 Å². The highest BCUT2D eigenvalue weighted by Gasteiger charge is 2.15. The van der Waals surface area contributed by atoms with Crippen molar-refractivity contribution in [2.75, 3.05) is 26.8 Å².